The summed E-state index contributed by atoms with van der Waals surface area (Å²) in [4.78, 5) is 0. The van der Waals surface area contributed by atoms with Crippen LogP contribution in [0.1, 0.15) is 37.0 Å². The van der Waals surface area contributed by atoms with Gasteiger partial charge < -0.3 is 0 Å². The molecule has 0 bridgehead atoms. The van der Waals surface area contributed by atoms with Crippen molar-refractivity contribution >= 4 is 5.57 Å². The lowest BCUT2D eigenvalue weighted by atomic mass is 9.89. The predicted octanol–water partition coefficient (Wildman–Crippen LogP) is 5.53. The van der Waals surface area contributed by atoms with E-state index in [2.05, 4.69) is 32.6 Å². The van der Waals surface area contributed by atoms with E-state index in [-0.39, 0.29) is 5.83 Å². The third-order valence-electron chi connectivity index (χ3n) is 3.13. The Bertz CT molecular complexity index is 480. The highest BCUT2D eigenvalue weighted by molar-refractivity contribution is 5.83. The zero-order chi connectivity index (χ0) is 13.7. The minimum absolute atomic E-state index is 0.117. The zero-order valence-corrected chi connectivity index (χ0v) is 11.7. The Morgan fingerprint density at radius 1 is 1.28 bits per heavy atom. The molecule has 0 spiro atoms. The minimum Gasteiger partial charge on any atom is -0.212 e. The maximum Gasteiger partial charge on any atom is 0.101 e. The number of hydrogen-bond donors (Lipinski definition) is 0. The molecule has 0 aliphatic rings. The van der Waals surface area contributed by atoms with Crippen LogP contribution in [-0.2, 0) is 0 Å². The summed E-state index contributed by atoms with van der Waals surface area (Å²) in [7, 11) is 0. The van der Waals surface area contributed by atoms with Crippen LogP contribution < -0.4 is 0 Å². The van der Waals surface area contributed by atoms with Crippen molar-refractivity contribution in [3.63, 3.8) is 0 Å². The van der Waals surface area contributed by atoms with Gasteiger partial charge in [-0.05, 0) is 55.0 Å². The van der Waals surface area contributed by atoms with Crippen LogP contribution in [-0.4, -0.2) is 0 Å². The molecule has 0 atom stereocenters. The average Bonchev–Trinajstić information content (AvgIpc) is 2.29. The van der Waals surface area contributed by atoms with Crippen LogP contribution in [0.2, 0.25) is 0 Å². The summed E-state index contributed by atoms with van der Waals surface area (Å²) in [6, 6.07) is 6.14. The standard InChI is InChI=1S/C17H21F/c1-6-9-16(15(7-2)14(5)18)17-12(3)10-8-11-13(17)4/h6,8-11H,1,7H2,2-5H3/b15-14-,16-9+. The molecule has 0 radical (unpaired) electrons. The molecule has 1 rings (SSSR count). The summed E-state index contributed by atoms with van der Waals surface area (Å²) in [6.07, 6.45) is 4.30. The zero-order valence-electron chi connectivity index (χ0n) is 11.7. The third-order valence-corrected chi connectivity index (χ3v) is 3.13. The monoisotopic (exact) mass is 244 g/mol. The summed E-state index contributed by atoms with van der Waals surface area (Å²) >= 11 is 0. The van der Waals surface area contributed by atoms with E-state index in [1.54, 1.807) is 6.08 Å². The smallest absolute Gasteiger partial charge is 0.101 e. The molecule has 0 saturated heterocycles. The summed E-state index contributed by atoms with van der Waals surface area (Å²) in [5.74, 6) is -0.117. The van der Waals surface area contributed by atoms with E-state index in [1.807, 2.05) is 19.1 Å². The molecule has 0 aliphatic carbocycles. The van der Waals surface area contributed by atoms with Crippen LogP contribution in [0, 0.1) is 13.8 Å². The fourth-order valence-electron chi connectivity index (χ4n) is 2.31. The first-order valence-corrected chi connectivity index (χ1v) is 6.27. The van der Waals surface area contributed by atoms with E-state index in [1.165, 1.54) is 6.92 Å². The lowest BCUT2D eigenvalue weighted by molar-refractivity contribution is 0.627. The molecular formula is C17H21F. The molecule has 0 nitrogen and oxygen atoms in total. The van der Waals surface area contributed by atoms with Crippen LogP contribution in [0.25, 0.3) is 5.57 Å². The first kappa shape index (κ1) is 14.4. The third kappa shape index (κ3) is 2.98. The quantitative estimate of drug-likeness (QED) is 0.611. The van der Waals surface area contributed by atoms with Crippen molar-refractivity contribution in [2.24, 2.45) is 0 Å². The fourth-order valence-corrected chi connectivity index (χ4v) is 2.31. The van der Waals surface area contributed by atoms with Crippen molar-refractivity contribution in [2.45, 2.75) is 34.1 Å². The van der Waals surface area contributed by atoms with E-state index in [0.717, 1.165) is 27.8 Å². The van der Waals surface area contributed by atoms with Gasteiger partial charge in [-0.1, -0.05) is 43.9 Å². The van der Waals surface area contributed by atoms with Crippen molar-refractivity contribution in [1.29, 1.82) is 0 Å². The first-order chi connectivity index (χ1) is 8.52. The van der Waals surface area contributed by atoms with Gasteiger partial charge in [-0.15, -0.1) is 0 Å². The number of rotatable bonds is 4. The molecule has 1 heteroatoms. The van der Waals surface area contributed by atoms with Gasteiger partial charge in [0.15, 0.2) is 0 Å². The lowest BCUT2D eigenvalue weighted by Crippen LogP contribution is -1.97. The number of aryl methyl sites for hydroxylation is 2. The molecule has 0 amide bonds. The van der Waals surface area contributed by atoms with Gasteiger partial charge in [-0.25, -0.2) is 4.39 Å². The molecule has 0 heterocycles. The second-order valence-electron chi connectivity index (χ2n) is 4.45. The van der Waals surface area contributed by atoms with Gasteiger partial charge in [-0.2, -0.15) is 0 Å². The van der Waals surface area contributed by atoms with Gasteiger partial charge in [0.2, 0.25) is 0 Å². The van der Waals surface area contributed by atoms with Crippen molar-refractivity contribution in [3.8, 4) is 0 Å². The molecule has 1 aromatic carbocycles. The summed E-state index contributed by atoms with van der Waals surface area (Å²) < 4.78 is 13.7. The molecule has 1 aromatic rings. The Hall–Kier alpha value is -1.63. The summed E-state index contributed by atoms with van der Waals surface area (Å²) in [5, 5.41) is 0. The van der Waals surface area contributed by atoms with Gasteiger partial charge in [-0.3, -0.25) is 0 Å². The van der Waals surface area contributed by atoms with Gasteiger partial charge in [0.1, 0.15) is 5.83 Å². The van der Waals surface area contributed by atoms with Crippen molar-refractivity contribution in [1.82, 2.24) is 0 Å². The number of benzene rings is 1. The van der Waals surface area contributed by atoms with Crippen LogP contribution in [0.3, 0.4) is 0 Å². The maximum absolute atomic E-state index is 13.7. The van der Waals surface area contributed by atoms with E-state index in [9.17, 15) is 4.39 Å². The SMILES string of the molecule is C=C/C=C(\C(CC)=C(\C)F)c1c(C)cccc1C. The van der Waals surface area contributed by atoms with E-state index >= 15 is 0 Å². The van der Waals surface area contributed by atoms with Crippen LogP contribution >= 0.6 is 0 Å². The second-order valence-corrected chi connectivity index (χ2v) is 4.45. The normalized spacial score (nSPS) is 13.3. The highest BCUT2D eigenvalue weighted by Crippen LogP contribution is 2.32. The van der Waals surface area contributed by atoms with Crippen molar-refractivity contribution < 1.29 is 4.39 Å². The van der Waals surface area contributed by atoms with Gasteiger partial charge in [0.05, 0.1) is 0 Å². The Labute approximate surface area is 110 Å². The minimum atomic E-state index is -0.117. The molecule has 0 aliphatic heterocycles. The van der Waals surface area contributed by atoms with Crippen molar-refractivity contribution in [3.05, 3.63) is 65.0 Å². The van der Waals surface area contributed by atoms with Crippen LogP contribution in [0.15, 0.2) is 48.3 Å². The highest BCUT2D eigenvalue weighted by atomic mass is 19.1. The topological polar surface area (TPSA) is 0 Å². The number of halogens is 1. The summed E-state index contributed by atoms with van der Waals surface area (Å²) in [6.45, 7) is 11.3. The summed E-state index contributed by atoms with van der Waals surface area (Å²) in [5.41, 5.74) is 5.15. The number of allylic oxidation sites excluding steroid dienone is 5. The average molecular weight is 244 g/mol. The van der Waals surface area contributed by atoms with Crippen LogP contribution in [0.5, 0.6) is 0 Å². The molecule has 18 heavy (non-hydrogen) atoms. The number of hydrogen-bond acceptors (Lipinski definition) is 0. The van der Waals surface area contributed by atoms with E-state index < -0.39 is 0 Å². The Kier molecular flexibility index (Phi) is 5.08. The van der Waals surface area contributed by atoms with Gasteiger partial charge >= 0.3 is 0 Å². The Morgan fingerprint density at radius 2 is 1.83 bits per heavy atom. The molecule has 0 fully saturated rings. The van der Waals surface area contributed by atoms with Gasteiger partial charge in [0.25, 0.3) is 0 Å². The molecule has 0 aromatic heterocycles. The first-order valence-electron chi connectivity index (χ1n) is 6.27. The molecule has 0 unspecified atom stereocenters. The molecule has 0 N–H and O–H groups in total. The predicted molar refractivity (Wildman–Crippen MR) is 78.2 cm³/mol. The Morgan fingerprint density at radius 3 is 2.22 bits per heavy atom. The lowest BCUT2D eigenvalue weighted by Gasteiger charge is -2.16. The maximum atomic E-state index is 13.7. The van der Waals surface area contributed by atoms with Crippen molar-refractivity contribution in [2.75, 3.05) is 0 Å². The van der Waals surface area contributed by atoms with E-state index in [4.69, 9.17) is 0 Å². The van der Waals surface area contributed by atoms with Crippen LogP contribution in [0.4, 0.5) is 4.39 Å². The molecule has 0 saturated carbocycles. The molecule has 96 valence electrons. The second kappa shape index (κ2) is 6.34. The Balaban J connectivity index is 3.53. The largest absolute Gasteiger partial charge is 0.212 e. The van der Waals surface area contributed by atoms with Gasteiger partial charge in [0, 0.05) is 0 Å². The highest BCUT2D eigenvalue weighted by Gasteiger charge is 2.13. The van der Waals surface area contributed by atoms with E-state index in [0.29, 0.717) is 6.42 Å². The fraction of sp³-hybridized carbons (Fsp3) is 0.294. The molecular weight excluding hydrogens is 223 g/mol.